The number of amides is 2. The van der Waals surface area contributed by atoms with Gasteiger partial charge in [0.05, 0.1) is 11.1 Å². The van der Waals surface area contributed by atoms with Gasteiger partial charge in [0, 0.05) is 11.9 Å². The number of nitrogens with one attached hydrogen (secondary N) is 2. The van der Waals surface area contributed by atoms with E-state index in [1.54, 1.807) is 6.20 Å². The number of carbonyl (C=O) groups is 2. The minimum Gasteiger partial charge on any atom is -0.329 e. The van der Waals surface area contributed by atoms with Gasteiger partial charge in [0.1, 0.15) is 0 Å². The molecule has 0 saturated carbocycles. The van der Waals surface area contributed by atoms with Gasteiger partial charge in [-0.2, -0.15) is 0 Å². The average molecular weight is 286 g/mol. The Bertz CT molecular complexity index is 729. The quantitative estimate of drug-likeness (QED) is 0.706. The normalized spacial score (nSPS) is 10.4. The van der Waals surface area contributed by atoms with Crippen LogP contribution in [0.15, 0.2) is 36.7 Å². The summed E-state index contributed by atoms with van der Waals surface area (Å²) in [7, 11) is 0. The molecule has 3 aromatic rings. The third-order valence-electron chi connectivity index (χ3n) is 2.76. The second kappa shape index (κ2) is 5.14. The van der Waals surface area contributed by atoms with E-state index in [1.807, 2.05) is 34.9 Å². The van der Waals surface area contributed by atoms with E-state index in [0.29, 0.717) is 18.6 Å². The summed E-state index contributed by atoms with van der Waals surface area (Å²) < 4.78 is 1.86. The molecule has 0 fully saturated rings. The smallest absolute Gasteiger partial charge is 0.212 e. The summed E-state index contributed by atoms with van der Waals surface area (Å²) in [4.78, 5) is 26.8. The molecule has 3 rings (SSSR count). The van der Waals surface area contributed by atoms with Gasteiger partial charge in [0.15, 0.2) is 10.8 Å². The van der Waals surface area contributed by atoms with Gasteiger partial charge in [-0.3, -0.25) is 14.0 Å². The molecule has 2 heterocycles. The summed E-state index contributed by atoms with van der Waals surface area (Å²) in [5, 5.41) is 5.11. The second-order valence-electron chi connectivity index (χ2n) is 4.01. The largest absolute Gasteiger partial charge is 0.329 e. The summed E-state index contributed by atoms with van der Waals surface area (Å²) in [6.07, 6.45) is 4.96. The van der Waals surface area contributed by atoms with Crippen LogP contribution in [0.4, 0.5) is 11.5 Å². The molecule has 2 amide bonds. The highest BCUT2D eigenvalue weighted by Gasteiger charge is 2.07. The minimum absolute atomic E-state index is 0.531. The van der Waals surface area contributed by atoms with E-state index in [4.69, 9.17) is 0 Å². The summed E-state index contributed by atoms with van der Waals surface area (Å²) in [6, 6.07) is 7.54. The van der Waals surface area contributed by atoms with Crippen molar-refractivity contribution in [2.45, 2.75) is 0 Å². The minimum atomic E-state index is 0.531. The third kappa shape index (κ3) is 2.26. The van der Waals surface area contributed by atoms with Crippen LogP contribution in [0.3, 0.4) is 0 Å². The van der Waals surface area contributed by atoms with E-state index in [2.05, 4.69) is 15.6 Å². The standard InChI is InChI=1S/C13H10N4O2S/c18-7-14-10-3-1-9(2-4-10)11-5-17-6-12(15-8-19)16-13(17)20-11/h1-8H,(H,14,18)(H,15,19). The highest BCUT2D eigenvalue weighted by molar-refractivity contribution is 7.20. The molecule has 0 bridgehead atoms. The molecule has 0 spiro atoms. The van der Waals surface area contributed by atoms with Crippen LogP contribution >= 0.6 is 11.3 Å². The average Bonchev–Trinajstić information content (AvgIpc) is 2.98. The fourth-order valence-electron chi connectivity index (χ4n) is 1.86. The van der Waals surface area contributed by atoms with Crippen LogP contribution in [0.25, 0.3) is 15.4 Å². The van der Waals surface area contributed by atoms with Crippen LogP contribution in [0.1, 0.15) is 0 Å². The lowest BCUT2D eigenvalue weighted by atomic mass is 10.2. The van der Waals surface area contributed by atoms with E-state index >= 15 is 0 Å². The van der Waals surface area contributed by atoms with Crippen LogP contribution < -0.4 is 10.6 Å². The molecule has 0 aliphatic heterocycles. The fraction of sp³-hybridized carbons (Fsp3) is 0. The summed E-state index contributed by atoms with van der Waals surface area (Å²) in [5.41, 5.74) is 1.80. The monoisotopic (exact) mass is 286 g/mol. The Morgan fingerprint density at radius 3 is 2.45 bits per heavy atom. The van der Waals surface area contributed by atoms with Crippen LogP contribution in [0.5, 0.6) is 0 Å². The number of rotatable bonds is 5. The lowest BCUT2D eigenvalue weighted by Gasteiger charge is -2.00. The molecular formula is C13H10N4O2S. The summed E-state index contributed by atoms with van der Waals surface area (Å²) in [6.45, 7) is 0. The Labute approximate surface area is 118 Å². The predicted octanol–water partition coefficient (Wildman–Crippen LogP) is 2.20. The number of carbonyl (C=O) groups excluding carboxylic acids is 2. The molecule has 2 N–H and O–H groups in total. The molecule has 0 aliphatic rings. The zero-order valence-corrected chi connectivity index (χ0v) is 11.1. The molecule has 100 valence electrons. The molecule has 0 atom stereocenters. The van der Waals surface area contributed by atoms with Gasteiger partial charge in [0.2, 0.25) is 12.8 Å². The number of thiazole rings is 1. The number of imidazole rings is 1. The number of fused-ring (bicyclic) bond motifs is 1. The molecule has 0 aliphatic carbocycles. The van der Waals surface area contributed by atoms with Crippen LogP contribution in [0.2, 0.25) is 0 Å². The maximum Gasteiger partial charge on any atom is 0.212 e. The first-order chi connectivity index (χ1) is 9.80. The van der Waals surface area contributed by atoms with Crippen molar-refractivity contribution in [3.05, 3.63) is 36.7 Å². The Kier molecular flexibility index (Phi) is 3.18. The molecule has 0 unspecified atom stereocenters. The van der Waals surface area contributed by atoms with Gasteiger partial charge in [0.25, 0.3) is 0 Å². The molecule has 6 nitrogen and oxygen atoms in total. The van der Waals surface area contributed by atoms with Crippen molar-refractivity contribution < 1.29 is 9.59 Å². The number of hydrogen-bond donors (Lipinski definition) is 2. The van der Waals surface area contributed by atoms with E-state index in [-0.39, 0.29) is 0 Å². The highest BCUT2D eigenvalue weighted by Crippen LogP contribution is 2.29. The molecule has 2 aromatic heterocycles. The number of aromatic nitrogens is 2. The maximum absolute atomic E-state index is 10.4. The van der Waals surface area contributed by atoms with Gasteiger partial charge in [-0.05, 0) is 17.7 Å². The Morgan fingerprint density at radius 2 is 1.80 bits per heavy atom. The molecule has 0 saturated heterocycles. The van der Waals surface area contributed by atoms with Crippen molar-refractivity contribution >= 4 is 40.6 Å². The number of hydrogen-bond acceptors (Lipinski definition) is 4. The molecular weight excluding hydrogens is 276 g/mol. The van der Waals surface area contributed by atoms with Gasteiger partial charge >= 0.3 is 0 Å². The van der Waals surface area contributed by atoms with E-state index in [1.165, 1.54) is 11.3 Å². The SMILES string of the molecule is O=CNc1ccc(-c2cn3cc(NC=O)nc3s2)cc1. The van der Waals surface area contributed by atoms with Crippen LogP contribution in [0, 0.1) is 0 Å². The number of nitrogens with zero attached hydrogens (tertiary/aromatic N) is 2. The van der Waals surface area contributed by atoms with Crippen molar-refractivity contribution in [1.82, 2.24) is 9.38 Å². The Balaban J connectivity index is 1.91. The van der Waals surface area contributed by atoms with Crippen LogP contribution in [-0.2, 0) is 9.59 Å². The topological polar surface area (TPSA) is 75.5 Å². The van der Waals surface area contributed by atoms with Crippen molar-refractivity contribution in [2.24, 2.45) is 0 Å². The van der Waals surface area contributed by atoms with Crippen molar-refractivity contribution in [3.8, 4) is 10.4 Å². The van der Waals surface area contributed by atoms with E-state index in [9.17, 15) is 9.59 Å². The van der Waals surface area contributed by atoms with E-state index < -0.39 is 0 Å². The first-order valence-corrected chi connectivity index (χ1v) is 6.61. The summed E-state index contributed by atoms with van der Waals surface area (Å²) >= 11 is 1.52. The number of anilines is 2. The highest BCUT2D eigenvalue weighted by atomic mass is 32.1. The first-order valence-electron chi connectivity index (χ1n) is 5.79. The van der Waals surface area contributed by atoms with Crippen molar-refractivity contribution in [1.29, 1.82) is 0 Å². The predicted molar refractivity (Wildman–Crippen MR) is 77.9 cm³/mol. The molecule has 20 heavy (non-hydrogen) atoms. The first kappa shape index (κ1) is 12.4. The zero-order chi connectivity index (χ0) is 13.9. The third-order valence-corrected chi connectivity index (χ3v) is 3.80. The van der Waals surface area contributed by atoms with Gasteiger partial charge < -0.3 is 10.6 Å². The Hall–Kier alpha value is -2.67. The maximum atomic E-state index is 10.4. The number of benzene rings is 1. The van der Waals surface area contributed by atoms with Crippen LogP contribution in [-0.4, -0.2) is 22.2 Å². The molecule has 7 heteroatoms. The van der Waals surface area contributed by atoms with Gasteiger partial charge in [-0.1, -0.05) is 23.5 Å². The van der Waals surface area contributed by atoms with Gasteiger partial charge in [-0.15, -0.1) is 0 Å². The lowest BCUT2D eigenvalue weighted by Crippen LogP contribution is -1.92. The van der Waals surface area contributed by atoms with Crippen molar-refractivity contribution in [3.63, 3.8) is 0 Å². The summed E-state index contributed by atoms with van der Waals surface area (Å²) in [5.74, 6) is 0.531. The van der Waals surface area contributed by atoms with Gasteiger partial charge in [-0.25, -0.2) is 4.98 Å². The lowest BCUT2D eigenvalue weighted by molar-refractivity contribution is -0.106. The Morgan fingerprint density at radius 1 is 1.05 bits per heavy atom. The molecule has 0 radical (unpaired) electrons. The fourth-order valence-corrected chi connectivity index (χ4v) is 2.83. The molecule has 1 aromatic carbocycles. The van der Waals surface area contributed by atoms with Crippen molar-refractivity contribution in [2.75, 3.05) is 10.6 Å². The second-order valence-corrected chi connectivity index (χ2v) is 5.02. The van der Waals surface area contributed by atoms with E-state index in [0.717, 1.165) is 21.1 Å². The zero-order valence-electron chi connectivity index (χ0n) is 10.2.